The zero-order valence-corrected chi connectivity index (χ0v) is 16.0. The van der Waals surface area contributed by atoms with E-state index >= 15 is 0 Å². The van der Waals surface area contributed by atoms with Crippen LogP contribution in [0.1, 0.15) is 12.8 Å². The van der Waals surface area contributed by atoms with E-state index < -0.39 is 10.0 Å². The van der Waals surface area contributed by atoms with E-state index in [-0.39, 0.29) is 34.8 Å². The highest BCUT2D eigenvalue weighted by molar-refractivity contribution is 7.89. The molecule has 0 aliphatic carbocycles. The minimum absolute atomic E-state index is 0. The van der Waals surface area contributed by atoms with Gasteiger partial charge in [0.25, 0.3) is 10.0 Å². The summed E-state index contributed by atoms with van der Waals surface area (Å²) in [6, 6.07) is 3.04. The second-order valence-corrected chi connectivity index (χ2v) is 7.16. The SMILES string of the molecule is CNCC1CCCN1S(=O)(=O)c1c(OC)cc(OC)cc1OC.Cl. The Balaban J connectivity index is 0.00000288. The predicted octanol–water partition coefficient (Wildman–Crippen LogP) is 1.51. The third kappa shape index (κ3) is 3.88. The van der Waals surface area contributed by atoms with Crippen LogP contribution in [0.25, 0.3) is 0 Å². The van der Waals surface area contributed by atoms with Crippen LogP contribution < -0.4 is 19.5 Å². The molecule has 1 atom stereocenters. The molecule has 0 saturated carbocycles. The van der Waals surface area contributed by atoms with Crippen molar-refractivity contribution in [2.24, 2.45) is 0 Å². The largest absolute Gasteiger partial charge is 0.496 e. The van der Waals surface area contributed by atoms with Gasteiger partial charge < -0.3 is 19.5 Å². The van der Waals surface area contributed by atoms with E-state index in [1.165, 1.54) is 25.6 Å². The van der Waals surface area contributed by atoms with E-state index in [1.807, 2.05) is 7.05 Å². The Hall–Kier alpha value is -1.22. The minimum Gasteiger partial charge on any atom is -0.496 e. The third-order valence-corrected chi connectivity index (χ3v) is 6.02. The van der Waals surface area contributed by atoms with E-state index in [4.69, 9.17) is 14.2 Å². The Morgan fingerprint density at radius 2 is 1.75 bits per heavy atom. The summed E-state index contributed by atoms with van der Waals surface area (Å²) < 4.78 is 43.6. The van der Waals surface area contributed by atoms with Crippen LogP contribution >= 0.6 is 12.4 Å². The number of hydrogen-bond donors (Lipinski definition) is 1. The highest BCUT2D eigenvalue weighted by Crippen LogP contribution is 2.40. The molecule has 1 aromatic rings. The molecular formula is C15H25ClN2O5S. The molecule has 2 rings (SSSR count). The number of sulfonamides is 1. The summed E-state index contributed by atoms with van der Waals surface area (Å²) in [6.07, 6.45) is 1.67. The van der Waals surface area contributed by atoms with Crippen LogP contribution in [-0.2, 0) is 10.0 Å². The zero-order chi connectivity index (χ0) is 17.0. The van der Waals surface area contributed by atoms with Crippen molar-refractivity contribution >= 4 is 22.4 Å². The molecular weight excluding hydrogens is 356 g/mol. The number of halogens is 1. The average Bonchev–Trinajstić information content (AvgIpc) is 3.02. The maximum atomic E-state index is 13.2. The van der Waals surface area contributed by atoms with E-state index in [0.717, 1.165) is 12.8 Å². The smallest absolute Gasteiger partial charge is 0.250 e. The van der Waals surface area contributed by atoms with Gasteiger partial charge in [-0.15, -0.1) is 12.4 Å². The Morgan fingerprint density at radius 3 is 2.21 bits per heavy atom. The molecule has 1 fully saturated rings. The fourth-order valence-corrected chi connectivity index (χ4v) is 4.88. The van der Waals surface area contributed by atoms with Gasteiger partial charge in [0.05, 0.1) is 21.3 Å². The molecule has 138 valence electrons. The van der Waals surface area contributed by atoms with Crippen molar-refractivity contribution in [2.75, 3.05) is 41.5 Å². The quantitative estimate of drug-likeness (QED) is 0.772. The van der Waals surface area contributed by atoms with E-state index in [0.29, 0.717) is 18.8 Å². The second-order valence-electron chi connectivity index (χ2n) is 5.33. The van der Waals surface area contributed by atoms with Crippen molar-refractivity contribution in [3.8, 4) is 17.2 Å². The number of benzene rings is 1. The van der Waals surface area contributed by atoms with Gasteiger partial charge in [-0.05, 0) is 19.9 Å². The first kappa shape index (κ1) is 20.8. The van der Waals surface area contributed by atoms with Crippen LogP contribution in [0, 0.1) is 0 Å². The van der Waals surface area contributed by atoms with Crippen LogP contribution in [0.3, 0.4) is 0 Å². The summed E-state index contributed by atoms with van der Waals surface area (Å²) in [4.78, 5) is 0.0475. The maximum absolute atomic E-state index is 13.2. The van der Waals surface area contributed by atoms with Gasteiger partial charge in [-0.25, -0.2) is 8.42 Å². The average molecular weight is 381 g/mol. The molecule has 1 aromatic carbocycles. The molecule has 0 amide bonds. The number of likely N-dealkylation sites (N-methyl/N-ethyl adjacent to an activating group) is 1. The lowest BCUT2D eigenvalue weighted by Gasteiger charge is -2.25. The molecule has 1 N–H and O–H groups in total. The summed E-state index contributed by atoms with van der Waals surface area (Å²) >= 11 is 0. The van der Waals surface area contributed by atoms with Gasteiger partial charge in [-0.2, -0.15) is 4.31 Å². The summed E-state index contributed by atoms with van der Waals surface area (Å²) in [5.74, 6) is 0.915. The van der Waals surface area contributed by atoms with Gasteiger partial charge >= 0.3 is 0 Å². The topological polar surface area (TPSA) is 77.1 Å². The number of methoxy groups -OCH3 is 3. The van der Waals surface area contributed by atoms with Crippen molar-refractivity contribution < 1.29 is 22.6 Å². The molecule has 0 radical (unpaired) electrons. The molecule has 9 heteroatoms. The Kier molecular flexibility index (Phi) is 7.59. The number of rotatable bonds is 7. The fraction of sp³-hybridized carbons (Fsp3) is 0.600. The Bertz CT molecular complexity index is 628. The molecule has 1 heterocycles. The molecule has 1 unspecified atom stereocenters. The number of nitrogens with zero attached hydrogens (tertiary/aromatic N) is 1. The van der Waals surface area contributed by atoms with Crippen LogP contribution in [0.15, 0.2) is 17.0 Å². The maximum Gasteiger partial charge on any atom is 0.250 e. The van der Waals surface area contributed by atoms with Gasteiger partial charge in [0.1, 0.15) is 17.2 Å². The fourth-order valence-electron chi connectivity index (χ4n) is 2.91. The van der Waals surface area contributed by atoms with E-state index in [2.05, 4.69) is 5.32 Å². The van der Waals surface area contributed by atoms with Crippen LogP contribution in [0.5, 0.6) is 17.2 Å². The summed E-state index contributed by atoms with van der Waals surface area (Å²) in [7, 11) is 2.46. The van der Waals surface area contributed by atoms with E-state index in [9.17, 15) is 8.42 Å². The Morgan fingerprint density at radius 1 is 1.17 bits per heavy atom. The molecule has 7 nitrogen and oxygen atoms in total. The van der Waals surface area contributed by atoms with Crippen molar-refractivity contribution in [3.05, 3.63) is 12.1 Å². The van der Waals surface area contributed by atoms with Gasteiger partial charge in [-0.1, -0.05) is 0 Å². The summed E-state index contributed by atoms with van der Waals surface area (Å²) in [5.41, 5.74) is 0. The highest BCUT2D eigenvalue weighted by Gasteiger charge is 2.38. The molecule has 1 aliphatic heterocycles. The van der Waals surface area contributed by atoms with Gasteiger partial charge in [0, 0.05) is 31.3 Å². The first-order valence-corrected chi connectivity index (χ1v) is 8.90. The molecule has 0 aromatic heterocycles. The van der Waals surface area contributed by atoms with Gasteiger partial charge in [0.2, 0.25) is 0 Å². The molecule has 1 aliphatic rings. The molecule has 0 spiro atoms. The lowest BCUT2D eigenvalue weighted by atomic mass is 10.2. The van der Waals surface area contributed by atoms with Crippen LogP contribution in [0.2, 0.25) is 0 Å². The third-order valence-electron chi connectivity index (χ3n) is 4.00. The lowest BCUT2D eigenvalue weighted by molar-refractivity contribution is 0.346. The van der Waals surface area contributed by atoms with Crippen molar-refractivity contribution in [3.63, 3.8) is 0 Å². The van der Waals surface area contributed by atoms with Crippen molar-refractivity contribution in [2.45, 2.75) is 23.8 Å². The van der Waals surface area contributed by atoms with E-state index in [1.54, 1.807) is 12.1 Å². The Labute approximate surface area is 149 Å². The predicted molar refractivity (Wildman–Crippen MR) is 94.2 cm³/mol. The zero-order valence-electron chi connectivity index (χ0n) is 14.4. The van der Waals surface area contributed by atoms with Gasteiger partial charge in [-0.3, -0.25) is 0 Å². The first-order chi connectivity index (χ1) is 11.0. The molecule has 0 bridgehead atoms. The summed E-state index contributed by atoms with van der Waals surface area (Å²) in [6.45, 7) is 1.10. The molecule has 24 heavy (non-hydrogen) atoms. The minimum atomic E-state index is -3.73. The van der Waals surface area contributed by atoms with Crippen LogP contribution in [-0.4, -0.2) is 60.2 Å². The van der Waals surface area contributed by atoms with Crippen molar-refractivity contribution in [1.29, 1.82) is 0 Å². The normalized spacial score (nSPS) is 18.1. The second kappa shape index (κ2) is 8.75. The van der Waals surface area contributed by atoms with Crippen LogP contribution in [0.4, 0.5) is 0 Å². The molecule has 1 saturated heterocycles. The number of nitrogens with one attached hydrogen (secondary N) is 1. The first-order valence-electron chi connectivity index (χ1n) is 7.46. The van der Waals surface area contributed by atoms with Gasteiger partial charge in [0.15, 0.2) is 4.90 Å². The van der Waals surface area contributed by atoms with Crippen molar-refractivity contribution in [1.82, 2.24) is 9.62 Å². The highest BCUT2D eigenvalue weighted by atomic mass is 35.5. The number of hydrogen-bond acceptors (Lipinski definition) is 6. The lowest BCUT2D eigenvalue weighted by Crippen LogP contribution is -2.41. The number of ether oxygens (including phenoxy) is 3. The summed E-state index contributed by atoms with van der Waals surface area (Å²) in [5, 5.41) is 3.05. The monoisotopic (exact) mass is 380 g/mol. The standard InChI is InChI=1S/C15H24N2O5S.ClH/c1-16-10-11-6-5-7-17(11)23(18,19)15-13(21-3)8-12(20-2)9-14(15)22-4;/h8-9,11,16H,5-7,10H2,1-4H3;1H.